The van der Waals surface area contributed by atoms with Crippen molar-refractivity contribution in [3.05, 3.63) is 11.4 Å². The molecular weight excluding hydrogens is 270 g/mol. The summed E-state index contributed by atoms with van der Waals surface area (Å²) in [6.45, 7) is 6.58. The van der Waals surface area contributed by atoms with E-state index in [0.29, 0.717) is 18.8 Å². The molecule has 0 aliphatic rings. The molecule has 0 saturated heterocycles. The number of aryl methyl sites for hydroxylation is 1. The molecule has 1 aromatic heterocycles. The van der Waals surface area contributed by atoms with Crippen molar-refractivity contribution < 1.29 is 14.3 Å². The molecule has 19 heavy (non-hydrogen) atoms. The SMILES string of the molecule is CCOC(=O)c1nnn(CCC(C)(C)OC)c1CCl. The highest BCUT2D eigenvalue weighted by atomic mass is 35.5. The van der Waals surface area contributed by atoms with Crippen molar-refractivity contribution in [1.82, 2.24) is 15.0 Å². The zero-order chi connectivity index (χ0) is 14.5. The van der Waals surface area contributed by atoms with E-state index >= 15 is 0 Å². The van der Waals surface area contributed by atoms with Crippen molar-refractivity contribution in [2.24, 2.45) is 0 Å². The quantitative estimate of drug-likeness (QED) is 0.567. The molecule has 0 N–H and O–H groups in total. The summed E-state index contributed by atoms with van der Waals surface area (Å²) in [6.07, 6.45) is 0.735. The highest BCUT2D eigenvalue weighted by Crippen LogP contribution is 2.16. The maximum absolute atomic E-state index is 11.7. The maximum atomic E-state index is 11.7. The Morgan fingerprint density at radius 2 is 2.16 bits per heavy atom. The van der Waals surface area contributed by atoms with Crippen molar-refractivity contribution in [3.63, 3.8) is 0 Å². The van der Waals surface area contributed by atoms with Gasteiger partial charge in [-0.15, -0.1) is 16.7 Å². The fourth-order valence-corrected chi connectivity index (χ4v) is 1.74. The average molecular weight is 290 g/mol. The number of rotatable bonds is 7. The normalized spacial score (nSPS) is 11.6. The largest absolute Gasteiger partial charge is 0.461 e. The Bertz CT molecular complexity index is 432. The van der Waals surface area contributed by atoms with Crippen LogP contribution in [-0.2, 0) is 21.9 Å². The molecule has 0 aromatic carbocycles. The van der Waals surface area contributed by atoms with Gasteiger partial charge in [-0.25, -0.2) is 9.48 Å². The molecule has 0 atom stereocenters. The van der Waals surface area contributed by atoms with Gasteiger partial charge in [0.25, 0.3) is 0 Å². The van der Waals surface area contributed by atoms with Crippen molar-refractivity contribution >= 4 is 17.6 Å². The van der Waals surface area contributed by atoms with Gasteiger partial charge in [-0.05, 0) is 27.2 Å². The zero-order valence-electron chi connectivity index (χ0n) is 11.8. The second-order valence-electron chi connectivity index (χ2n) is 4.68. The standard InChI is InChI=1S/C12H20ClN3O3/c1-5-19-11(17)10-9(8-13)16(15-14-10)7-6-12(2,3)18-4/h5-8H2,1-4H3. The number of aromatic nitrogens is 3. The number of carbonyl (C=O) groups is 1. The number of nitrogens with zero attached hydrogens (tertiary/aromatic N) is 3. The van der Waals surface area contributed by atoms with Crippen LogP contribution in [0.1, 0.15) is 43.4 Å². The van der Waals surface area contributed by atoms with Crippen LogP contribution in [0.5, 0.6) is 0 Å². The third-order valence-electron chi connectivity index (χ3n) is 2.91. The highest BCUT2D eigenvalue weighted by molar-refractivity contribution is 6.17. The Kier molecular flexibility index (Phi) is 5.75. The molecule has 7 heteroatoms. The molecule has 0 unspecified atom stereocenters. The summed E-state index contributed by atoms with van der Waals surface area (Å²) in [6, 6.07) is 0. The molecule has 0 fully saturated rings. The lowest BCUT2D eigenvalue weighted by atomic mass is 10.1. The molecule has 0 saturated carbocycles. The van der Waals surface area contributed by atoms with Gasteiger partial charge in [0, 0.05) is 13.7 Å². The van der Waals surface area contributed by atoms with Gasteiger partial charge >= 0.3 is 5.97 Å². The van der Waals surface area contributed by atoms with Gasteiger partial charge in [0.1, 0.15) is 0 Å². The predicted octanol–water partition coefficient (Wildman–Crippen LogP) is 2.01. The van der Waals surface area contributed by atoms with E-state index in [4.69, 9.17) is 21.1 Å². The van der Waals surface area contributed by atoms with Crippen LogP contribution in [0.4, 0.5) is 0 Å². The number of ether oxygens (including phenoxy) is 2. The molecule has 1 heterocycles. The van der Waals surface area contributed by atoms with E-state index in [1.807, 2.05) is 13.8 Å². The molecule has 0 aliphatic carbocycles. The molecule has 0 radical (unpaired) electrons. The minimum absolute atomic E-state index is 0.161. The lowest BCUT2D eigenvalue weighted by Gasteiger charge is -2.22. The number of methoxy groups -OCH3 is 1. The van der Waals surface area contributed by atoms with Gasteiger partial charge in [0.2, 0.25) is 0 Å². The number of esters is 1. The van der Waals surface area contributed by atoms with Crippen molar-refractivity contribution in [2.45, 2.75) is 45.2 Å². The van der Waals surface area contributed by atoms with E-state index in [1.54, 1.807) is 18.7 Å². The van der Waals surface area contributed by atoms with Crippen LogP contribution >= 0.6 is 11.6 Å². The second-order valence-corrected chi connectivity index (χ2v) is 4.94. The van der Waals surface area contributed by atoms with Crippen LogP contribution in [0.25, 0.3) is 0 Å². The summed E-state index contributed by atoms with van der Waals surface area (Å²) in [5, 5.41) is 7.80. The number of hydrogen-bond acceptors (Lipinski definition) is 5. The first-order valence-electron chi connectivity index (χ1n) is 6.15. The number of hydrogen-bond donors (Lipinski definition) is 0. The van der Waals surface area contributed by atoms with E-state index in [-0.39, 0.29) is 17.2 Å². The van der Waals surface area contributed by atoms with Gasteiger partial charge < -0.3 is 9.47 Å². The smallest absolute Gasteiger partial charge is 0.360 e. The lowest BCUT2D eigenvalue weighted by molar-refractivity contribution is 0.0111. The summed E-state index contributed by atoms with van der Waals surface area (Å²) < 4.78 is 11.9. The maximum Gasteiger partial charge on any atom is 0.360 e. The first-order valence-corrected chi connectivity index (χ1v) is 6.69. The third kappa shape index (κ3) is 4.18. The van der Waals surface area contributed by atoms with Gasteiger partial charge in [-0.3, -0.25) is 0 Å². The summed E-state index contributed by atoms with van der Waals surface area (Å²) >= 11 is 5.87. The summed E-state index contributed by atoms with van der Waals surface area (Å²) in [4.78, 5) is 11.7. The average Bonchev–Trinajstić information content (AvgIpc) is 2.79. The van der Waals surface area contributed by atoms with Crippen LogP contribution in [0.15, 0.2) is 0 Å². The van der Waals surface area contributed by atoms with Crippen LogP contribution in [0.2, 0.25) is 0 Å². The van der Waals surface area contributed by atoms with Gasteiger partial charge in [0.15, 0.2) is 5.69 Å². The fourth-order valence-electron chi connectivity index (χ4n) is 1.48. The van der Waals surface area contributed by atoms with Crippen LogP contribution in [-0.4, -0.2) is 40.3 Å². The molecule has 1 rings (SSSR count). The Labute approximate surface area is 118 Å². The van der Waals surface area contributed by atoms with Crippen LogP contribution in [0.3, 0.4) is 0 Å². The lowest BCUT2D eigenvalue weighted by Crippen LogP contribution is -2.25. The number of alkyl halides is 1. The minimum atomic E-state index is -0.490. The predicted molar refractivity (Wildman–Crippen MR) is 71.2 cm³/mol. The molecule has 0 bridgehead atoms. The fraction of sp³-hybridized carbons (Fsp3) is 0.750. The molecule has 0 spiro atoms. The highest BCUT2D eigenvalue weighted by Gasteiger charge is 2.22. The topological polar surface area (TPSA) is 66.2 Å². The Morgan fingerprint density at radius 3 is 2.68 bits per heavy atom. The van der Waals surface area contributed by atoms with E-state index in [0.717, 1.165) is 6.42 Å². The first-order chi connectivity index (χ1) is 8.95. The molecule has 0 amide bonds. The van der Waals surface area contributed by atoms with Gasteiger partial charge in [-0.1, -0.05) is 5.21 Å². The summed E-state index contributed by atoms with van der Waals surface area (Å²) in [5.74, 6) is -0.329. The zero-order valence-corrected chi connectivity index (χ0v) is 12.5. The Morgan fingerprint density at radius 1 is 1.47 bits per heavy atom. The first kappa shape index (κ1) is 15.9. The number of carbonyl (C=O) groups excluding carboxylic acids is 1. The Hall–Kier alpha value is -1.14. The Balaban J connectivity index is 2.83. The van der Waals surface area contributed by atoms with E-state index < -0.39 is 5.97 Å². The molecule has 0 aliphatic heterocycles. The third-order valence-corrected chi connectivity index (χ3v) is 3.16. The monoisotopic (exact) mass is 289 g/mol. The van der Waals surface area contributed by atoms with Crippen LogP contribution in [0, 0.1) is 0 Å². The molecule has 108 valence electrons. The number of halogens is 1. The minimum Gasteiger partial charge on any atom is -0.461 e. The van der Waals surface area contributed by atoms with Gasteiger partial charge in [-0.2, -0.15) is 0 Å². The second kappa shape index (κ2) is 6.86. The van der Waals surface area contributed by atoms with E-state index in [9.17, 15) is 4.79 Å². The molecule has 1 aromatic rings. The summed E-state index contributed by atoms with van der Waals surface area (Å²) in [5.41, 5.74) is 0.499. The van der Waals surface area contributed by atoms with Crippen molar-refractivity contribution in [1.29, 1.82) is 0 Å². The van der Waals surface area contributed by atoms with E-state index in [2.05, 4.69) is 10.3 Å². The van der Waals surface area contributed by atoms with Crippen LogP contribution < -0.4 is 0 Å². The molecule has 6 nitrogen and oxygen atoms in total. The van der Waals surface area contributed by atoms with Gasteiger partial charge in [0.05, 0.1) is 23.8 Å². The van der Waals surface area contributed by atoms with Crippen molar-refractivity contribution in [3.8, 4) is 0 Å². The van der Waals surface area contributed by atoms with Crippen molar-refractivity contribution in [2.75, 3.05) is 13.7 Å². The molecular formula is C12H20ClN3O3. The van der Waals surface area contributed by atoms with E-state index in [1.165, 1.54) is 0 Å². The summed E-state index contributed by atoms with van der Waals surface area (Å²) in [7, 11) is 1.66.